The third kappa shape index (κ3) is 2.41. The molecule has 4 heteroatoms. The number of aromatic carboxylic acids is 1. The molecule has 1 N–H and O–H groups in total. The highest BCUT2D eigenvalue weighted by Crippen LogP contribution is 2.27. The van der Waals surface area contributed by atoms with E-state index in [1.54, 1.807) is 30.3 Å². The lowest BCUT2D eigenvalue weighted by Crippen LogP contribution is -1.99. The van der Waals surface area contributed by atoms with Crippen LogP contribution in [0.2, 0.25) is 5.02 Å². The fourth-order valence-corrected chi connectivity index (χ4v) is 1.89. The Morgan fingerprint density at radius 2 is 1.94 bits per heavy atom. The van der Waals surface area contributed by atoms with Crippen molar-refractivity contribution in [3.8, 4) is 11.1 Å². The summed E-state index contributed by atoms with van der Waals surface area (Å²) in [7, 11) is 0. The van der Waals surface area contributed by atoms with Crippen LogP contribution in [0.5, 0.6) is 0 Å². The largest absolute Gasteiger partial charge is 0.478 e. The Hall–Kier alpha value is -2.13. The second kappa shape index (κ2) is 5.02. The van der Waals surface area contributed by atoms with Crippen molar-refractivity contribution in [2.45, 2.75) is 0 Å². The predicted molar refractivity (Wildman–Crippen MR) is 69.2 cm³/mol. The van der Waals surface area contributed by atoms with Crippen molar-refractivity contribution >= 4 is 23.9 Å². The third-order valence-corrected chi connectivity index (χ3v) is 2.78. The SMILES string of the molecule is O=Cc1cccc(-c2cc(Cl)ccc2C(=O)O)c1. The summed E-state index contributed by atoms with van der Waals surface area (Å²) in [5, 5.41) is 9.58. The van der Waals surface area contributed by atoms with E-state index in [2.05, 4.69) is 0 Å². The van der Waals surface area contributed by atoms with Crippen molar-refractivity contribution in [3.63, 3.8) is 0 Å². The number of carboxylic acids is 1. The Morgan fingerprint density at radius 3 is 2.61 bits per heavy atom. The van der Waals surface area contributed by atoms with Gasteiger partial charge in [0.25, 0.3) is 0 Å². The Balaban J connectivity index is 2.64. The van der Waals surface area contributed by atoms with E-state index in [1.807, 2.05) is 0 Å². The zero-order chi connectivity index (χ0) is 13.1. The zero-order valence-corrected chi connectivity index (χ0v) is 10.0. The first kappa shape index (κ1) is 12.3. The maximum absolute atomic E-state index is 11.1. The summed E-state index contributed by atoms with van der Waals surface area (Å²) in [5.74, 6) is -1.03. The molecule has 90 valence electrons. The molecule has 0 aliphatic carbocycles. The number of benzene rings is 2. The fourth-order valence-electron chi connectivity index (χ4n) is 1.72. The van der Waals surface area contributed by atoms with Crippen LogP contribution < -0.4 is 0 Å². The number of halogens is 1. The van der Waals surface area contributed by atoms with Gasteiger partial charge in [-0.15, -0.1) is 0 Å². The highest BCUT2D eigenvalue weighted by molar-refractivity contribution is 6.31. The zero-order valence-electron chi connectivity index (χ0n) is 9.26. The molecule has 0 saturated carbocycles. The highest BCUT2D eigenvalue weighted by atomic mass is 35.5. The molecule has 2 aromatic carbocycles. The van der Waals surface area contributed by atoms with Gasteiger partial charge in [0.15, 0.2) is 0 Å². The second-order valence-corrected chi connectivity index (χ2v) is 4.17. The summed E-state index contributed by atoms with van der Waals surface area (Å²) >= 11 is 5.88. The maximum atomic E-state index is 11.1. The van der Waals surface area contributed by atoms with Crippen molar-refractivity contribution in [2.24, 2.45) is 0 Å². The van der Waals surface area contributed by atoms with E-state index in [-0.39, 0.29) is 5.56 Å². The minimum Gasteiger partial charge on any atom is -0.478 e. The van der Waals surface area contributed by atoms with Crippen molar-refractivity contribution < 1.29 is 14.7 Å². The van der Waals surface area contributed by atoms with Gasteiger partial charge in [-0.05, 0) is 35.4 Å². The van der Waals surface area contributed by atoms with Gasteiger partial charge in [0.05, 0.1) is 5.56 Å². The monoisotopic (exact) mass is 260 g/mol. The average Bonchev–Trinajstić information content (AvgIpc) is 2.38. The topological polar surface area (TPSA) is 54.4 Å². The molecule has 0 bridgehead atoms. The van der Waals surface area contributed by atoms with Gasteiger partial charge in [-0.1, -0.05) is 29.8 Å². The highest BCUT2D eigenvalue weighted by Gasteiger charge is 2.12. The van der Waals surface area contributed by atoms with E-state index in [0.29, 0.717) is 28.0 Å². The van der Waals surface area contributed by atoms with Crippen LogP contribution in [-0.2, 0) is 0 Å². The van der Waals surface area contributed by atoms with E-state index >= 15 is 0 Å². The van der Waals surface area contributed by atoms with Gasteiger partial charge >= 0.3 is 5.97 Å². The molecule has 2 aromatic rings. The maximum Gasteiger partial charge on any atom is 0.336 e. The molecular weight excluding hydrogens is 252 g/mol. The van der Waals surface area contributed by atoms with Crippen molar-refractivity contribution in [1.82, 2.24) is 0 Å². The van der Waals surface area contributed by atoms with Crippen LogP contribution in [0.1, 0.15) is 20.7 Å². The van der Waals surface area contributed by atoms with Gasteiger partial charge in [0, 0.05) is 10.6 Å². The molecule has 0 unspecified atom stereocenters. The Morgan fingerprint density at radius 1 is 1.17 bits per heavy atom. The van der Waals surface area contributed by atoms with Gasteiger partial charge in [-0.25, -0.2) is 4.79 Å². The molecule has 0 aromatic heterocycles. The number of carbonyl (C=O) groups is 2. The minimum absolute atomic E-state index is 0.155. The van der Waals surface area contributed by atoms with E-state index in [9.17, 15) is 9.59 Å². The second-order valence-electron chi connectivity index (χ2n) is 3.74. The molecule has 0 aliphatic heterocycles. The molecule has 0 radical (unpaired) electrons. The van der Waals surface area contributed by atoms with Crippen molar-refractivity contribution in [3.05, 3.63) is 58.6 Å². The van der Waals surface area contributed by atoms with Crippen molar-refractivity contribution in [2.75, 3.05) is 0 Å². The number of carbonyl (C=O) groups excluding carboxylic acids is 1. The Kier molecular flexibility index (Phi) is 3.44. The molecular formula is C14H9ClO3. The van der Waals surface area contributed by atoms with Crippen LogP contribution >= 0.6 is 11.6 Å². The fraction of sp³-hybridized carbons (Fsp3) is 0. The molecule has 0 atom stereocenters. The number of hydrogen-bond acceptors (Lipinski definition) is 2. The number of aldehydes is 1. The first-order chi connectivity index (χ1) is 8.61. The minimum atomic E-state index is -1.03. The van der Waals surface area contributed by atoms with Gasteiger partial charge in [-0.3, -0.25) is 4.79 Å². The van der Waals surface area contributed by atoms with E-state index in [0.717, 1.165) is 0 Å². The lowest BCUT2D eigenvalue weighted by molar-refractivity contribution is 0.0697. The predicted octanol–water partition coefficient (Wildman–Crippen LogP) is 3.52. The summed E-state index contributed by atoms with van der Waals surface area (Å²) in [6, 6.07) is 11.3. The molecule has 0 amide bonds. The van der Waals surface area contributed by atoms with Crippen LogP contribution in [-0.4, -0.2) is 17.4 Å². The number of hydrogen-bond donors (Lipinski definition) is 1. The molecule has 0 fully saturated rings. The van der Waals surface area contributed by atoms with Crippen LogP contribution in [0, 0.1) is 0 Å². The van der Waals surface area contributed by atoms with E-state index in [1.165, 1.54) is 12.1 Å². The summed E-state index contributed by atoms with van der Waals surface area (Å²) < 4.78 is 0. The standard InChI is InChI=1S/C14H9ClO3/c15-11-4-5-12(14(17)18)13(7-11)10-3-1-2-9(6-10)8-16/h1-8H,(H,17,18). The summed E-state index contributed by atoms with van der Waals surface area (Å²) in [4.78, 5) is 21.9. The molecule has 0 spiro atoms. The molecule has 0 saturated heterocycles. The average molecular weight is 261 g/mol. The molecule has 18 heavy (non-hydrogen) atoms. The van der Waals surface area contributed by atoms with E-state index < -0.39 is 5.97 Å². The first-order valence-corrected chi connectivity index (χ1v) is 5.58. The summed E-state index contributed by atoms with van der Waals surface area (Å²) in [5.41, 5.74) is 1.80. The smallest absolute Gasteiger partial charge is 0.336 e. The first-order valence-electron chi connectivity index (χ1n) is 5.20. The molecule has 0 heterocycles. The van der Waals surface area contributed by atoms with Crippen LogP contribution in [0.25, 0.3) is 11.1 Å². The number of carboxylic acid groups (broad SMARTS) is 1. The number of rotatable bonds is 3. The van der Waals surface area contributed by atoms with Crippen molar-refractivity contribution in [1.29, 1.82) is 0 Å². The summed E-state index contributed by atoms with van der Waals surface area (Å²) in [6.45, 7) is 0. The molecule has 3 nitrogen and oxygen atoms in total. The molecule has 0 aliphatic rings. The lowest BCUT2D eigenvalue weighted by Gasteiger charge is -2.07. The molecule has 2 rings (SSSR count). The van der Waals surface area contributed by atoms with Gasteiger partial charge in [0.2, 0.25) is 0 Å². The lowest BCUT2D eigenvalue weighted by atomic mass is 9.98. The van der Waals surface area contributed by atoms with Gasteiger partial charge < -0.3 is 5.11 Å². The Bertz CT molecular complexity index is 620. The quantitative estimate of drug-likeness (QED) is 0.859. The third-order valence-electron chi connectivity index (χ3n) is 2.55. The summed E-state index contributed by atoms with van der Waals surface area (Å²) in [6.07, 6.45) is 0.717. The van der Waals surface area contributed by atoms with Gasteiger partial charge in [0.1, 0.15) is 6.29 Å². The Labute approximate surface area is 109 Å². The van der Waals surface area contributed by atoms with Gasteiger partial charge in [-0.2, -0.15) is 0 Å². The van der Waals surface area contributed by atoms with Crippen LogP contribution in [0.3, 0.4) is 0 Å². The van der Waals surface area contributed by atoms with E-state index in [4.69, 9.17) is 16.7 Å². The van der Waals surface area contributed by atoms with Crippen LogP contribution in [0.15, 0.2) is 42.5 Å². The normalized spacial score (nSPS) is 10.1. The van der Waals surface area contributed by atoms with Crippen LogP contribution in [0.4, 0.5) is 0 Å².